The zero-order valence-corrected chi connectivity index (χ0v) is 19.2. The van der Waals surface area contributed by atoms with Crippen LogP contribution < -0.4 is 10.2 Å². The van der Waals surface area contributed by atoms with E-state index in [-0.39, 0.29) is 11.9 Å². The minimum Gasteiger partial charge on any atom is -0.368 e. The van der Waals surface area contributed by atoms with Gasteiger partial charge in [-0.2, -0.15) is 0 Å². The number of piperazine rings is 1. The Morgan fingerprint density at radius 1 is 1.23 bits per heavy atom. The van der Waals surface area contributed by atoms with Crippen molar-refractivity contribution < 1.29 is 4.79 Å². The highest BCUT2D eigenvalue weighted by Gasteiger charge is 2.31. The summed E-state index contributed by atoms with van der Waals surface area (Å²) in [5.41, 5.74) is 1.18. The third-order valence-electron chi connectivity index (χ3n) is 5.96. The number of rotatable bonds is 6. The topological polar surface area (TPSA) is 54.4 Å². The Bertz CT molecular complexity index is 732. The van der Waals surface area contributed by atoms with Gasteiger partial charge in [0.15, 0.2) is 5.96 Å². The first kappa shape index (κ1) is 22.7. The van der Waals surface area contributed by atoms with E-state index < -0.39 is 0 Å². The molecule has 2 aliphatic rings. The number of carbonyl (C=O) groups is 1. The third kappa shape index (κ3) is 5.79. The highest BCUT2D eigenvalue weighted by Crippen LogP contribution is 2.21. The Morgan fingerprint density at radius 2 is 2.00 bits per heavy atom. The molecule has 3 rings (SSSR count). The molecule has 8 heteroatoms. The smallest absolute Gasteiger partial charge is 0.239 e. The molecule has 0 spiro atoms. The van der Waals surface area contributed by atoms with Gasteiger partial charge < -0.3 is 20.0 Å². The largest absolute Gasteiger partial charge is 0.368 e. The zero-order chi connectivity index (χ0) is 21.5. The summed E-state index contributed by atoms with van der Waals surface area (Å²) in [6.07, 6.45) is 3.08. The fraction of sp³-hybridized carbons (Fsp3) is 0.636. The predicted octanol–water partition coefficient (Wildman–Crippen LogP) is 1.98. The van der Waals surface area contributed by atoms with Crippen molar-refractivity contribution in [2.75, 3.05) is 71.9 Å². The van der Waals surface area contributed by atoms with Gasteiger partial charge in [0.2, 0.25) is 5.91 Å². The van der Waals surface area contributed by atoms with Gasteiger partial charge in [-0.15, -0.1) is 0 Å². The average Bonchev–Trinajstić information content (AvgIpc) is 3.22. The van der Waals surface area contributed by atoms with E-state index in [1.807, 2.05) is 39.3 Å². The molecule has 0 aliphatic carbocycles. The van der Waals surface area contributed by atoms with Gasteiger partial charge in [-0.1, -0.05) is 17.7 Å². The summed E-state index contributed by atoms with van der Waals surface area (Å²) >= 11 is 6.13. The van der Waals surface area contributed by atoms with E-state index in [2.05, 4.69) is 31.1 Å². The van der Waals surface area contributed by atoms with E-state index in [1.54, 1.807) is 4.90 Å². The molecule has 2 fully saturated rings. The van der Waals surface area contributed by atoms with Gasteiger partial charge in [-0.05, 0) is 44.0 Å². The van der Waals surface area contributed by atoms with Crippen LogP contribution in [0.25, 0.3) is 0 Å². The summed E-state index contributed by atoms with van der Waals surface area (Å²) in [5.74, 6) is 1.19. The molecule has 1 aromatic carbocycles. The monoisotopic (exact) mass is 434 g/mol. The Balaban J connectivity index is 1.41. The van der Waals surface area contributed by atoms with Gasteiger partial charge in [0.05, 0.1) is 6.04 Å². The molecule has 166 valence electrons. The van der Waals surface area contributed by atoms with Crippen molar-refractivity contribution in [1.29, 1.82) is 0 Å². The number of halogens is 1. The summed E-state index contributed by atoms with van der Waals surface area (Å²) < 4.78 is 0. The Morgan fingerprint density at radius 3 is 2.67 bits per heavy atom. The van der Waals surface area contributed by atoms with Gasteiger partial charge >= 0.3 is 0 Å². The van der Waals surface area contributed by atoms with Gasteiger partial charge in [0.25, 0.3) is 0 Å². The maximum absolute atomic E-state index is 12.3. The van der Waals surface area contributed by atoms with Crippen LogP contribution in [0.5, 0.6) is 0 Å². The molecule has 1 aromatic rings. The zero-order valence-electron chi connectivity index (χ0n) is 18.5. The fourth-order valence-corrected chi connectivity index (χ4v) is 4.52. The Hall–Kier alpha value is -1.99. The predicted molar refractivity (Wildman–Crippen MR) is 125 cm³/mol. The minimum atomic E-state index is 0.0545. The number of likely N-dealkylation sites (tertiary alicyclic amines) is 1. The van der Waals surface area contributed by atoms with Crippen molar-refractivity contribution in [3.63, 3.8) is 0 Å². The Labute approximate surface area is 185 Å². The standard InChI is InChI=1S/C22H35ClN6O/c1-24-22(25-10-6-12-28-11-5-9-20(28)21(30)26(2)3)29-15-13-27(14-16-29)19-8-4-7-18(23)17-19/h4,7-8,17,20H,5-6,9-16H2,1-3H3,(H,24,25). The van der Waals surface area contributed by atoms with E-state index in [4.69, 9.17) is 11.6 Å². The summed E-state index contributed by atoms with van der Waals surface area (Å²) in [7, 11) is 5.53. The van der Waals surface area contributed by atoms with Crippen molar-refractivity contribution in [3.05, 3.63) is 29.3 Å². The number of hydrogen-bond donors (Lipinski definition) is 1. The lowest BCUT2D eigenvalue weighted by molar-refractivity contribution is -0.133. The molecule has 0 aromatic heterocycles. The molecule has 7 nitrogen and oxygen atoms in total. The van der Waals surface area contributed by atoms with Gasteiger partial charge in [0, 0.05) is 71.1 Å². The number of nitrogens with zero attached hydrogens (tertiary/aromatic N) is 5. The lowest BCUT2D eigenvalue weighted by Crippen LogP contribution is -2.52. The van der Waals surface area contributed by atoms with Crippen LogP contribution in [0, 0.1) is 0 Å². The van der Waals surface area contributed by atoms with Crippen LogP contribution in [0.3, 0.4) is 0 Å². The molecule has 1 atom stereocenters. The summed E-state index contributed by atoms with van der Waals surface area (Å²) in [4.78, 5) is 25.5. The Kier molecular flexibility index (Phi) is 8.22. The van der Waals surface area contributed by atoms with Crippen LogP contribution in [0.2, 0.25) is 5.02 Å². The fourth-order valence-electron chi connectivity index (χ4n) is 4.34. The molecule has 2 aliphatic heterocycles. The number of guanidine groups is 1. The lowest BCUT2D eigenvalue weighted by Gasteiger charge is -2.37. The third-order valence-corrected chi connectivity index (χ3v) is 6.19. The second-order valence-electron chi connectivity index (χ2n) is 8.21. The SMILES string of the molecule is CN=C(NCCCN1CCCC1C(=O)N(C)C)N1CCN(c2cccc(Cl)c2)CC1. The number of hydrogen-bond acceptors (Lipinski definition) is 4. The molecule has 0 radical (unpaired) electrons. The van der Waals surface area contributed by atoms with Gasteiger partial charge in [-0.25, -0.2) is 0 Å². The maximum Gasteiger partial charge on any atom is 0.239 e. The number of aliphatic imine (C=N–C) groups is 1. The molecule has 1 unspecified atom stereocenters. The molecule has 1 N–H and O–H groups in total. The van der Waals surface area contributed by atoms with E-state index in [0.717, 1.165) is 76.1 Å². The number of nitrogens with one attached hydrogen (secondary N) is 1. The highest BCUT2D eigenvalue weighted by atomic mass is 35.5. The van der Waals surface area contributed by atoms with E-state index >= 15 is 0 Å². The van der Waals surface area contributed by atoms with E-state index in [1.165, 1.54) is 5.69 Å². The number of amides is 1. The van der Waals surface area contributed by atoms with Crippen LogP contribution in [0.15, 0.2) is 29.3 Å². The van der Waals surface area contributed by atoms with Gasteiger partial charge in [-0.3, -0.25) is 14.7 Å². The minimum absolute atomic E-state index is 0.0545. The van der Waals surface area contributed by atoms with Crippen LogP contribution in [0.1, 0.15) is 19.3 Å². The highest BCUT2D eigenvalue weighted by molar-refractivity contribution is 6.30. The van der Waals surface area contributed by atoms with Crippen molar-refractivity contribution >= 4 is 29.2 Å². The summed E-state index contributed by atoms with van der Waals surface area (Å²) in [6.45, 7) is 6.57. The number of anilines is 1. The second-order valence-corrected chi connectivity index (χ2v) is 8.64. The molecule has 0 bridgehead atoms. The van der Waals surface area contributed by atoms with E-state index in [0.29, 0.717) is 0 Å². The van der Waals surface area contributed by atoms with Crippen molar-refractivity contribution in [3.8, 4) is 0 Å². The van der Waals surface area contributed by atoms with Crippen LogP contribution in [-0.4, -0.2) is 99.6 Å². The first-order valence-electron chi connectivity index (χ1n) is 10.9. The molecule has 30 heavy (non-hydrogen) atoms. The number of carbonyl (C=O) groups excluding carboxylic acids is 1. The van der Waals surface area contributed by atoms with Crippen molar-refractivity contribution in [2.24, 2.45) is 4.99 Å². The van der Waals surface area contributed by atoms with Crippen LogP contribution in [-0.2, 0) is 4.79 Å². The second kappa shape index (κ2) is 10.9. The summed E-state index contributed by atoms with van der Waals surface area (Å²) in [5, 5.41) is 4.29. The van der Waals surface area contributed by atoms with Crippen LogP contribution >= 0.6 is 11.6 Å². The number of benzene rings is 1. The van der Waals surface area contributed by atoms with Crippen molar-refractivity contribution in [1.82, 2.24) is 20.0 Å². The first-order valence-corrected chi connectivity index (χ1v) is 11.3. The van der Waals surface area contributed by atoms with Crippen molar-refractivity contribution in [2.45, 2.75) is 25.3 Å². The first-order chi connectivity index (χ1) is 14.5. The normalized spacial score (nSPS) is 20.5. The molecule has 2 saturated heterocycles. The molecule has 0 saturated carbocycles. The van der Waals surface area contributed by atoms with E-state index in [9.17, 15) is 4.79 Å². The molecular weight excluding hydrogens is 400 g/mol. The maximum atomic E-state index is 12.3. The quantitative estimate of drug-likeness (QED) is 0.421. The van der Waals surface area contributed by atoms with Gasteiger partial charge in [0.1, 0.15) is 0 Å². The number of likely N-dealkylation sites (N-methyl/N-ethyl adjacent to an activating group) is 1. The molecule has 1 amide bonds. The molecule has 2 heterocycles. The lowest BCUT2D eigenvalue weighted by atomic mass is 10.2. The molecular formula is C22H35ClN6O. The summed E-state index contributed by atoms with van der Waals surface area (Å²) in [6, 6.07) is 8.10. The van der Waals surface area contributed by atoms with Crippen LogP contribution in [0.4, 0.5) is 5.69 Å². The average molecular weight is 435 g/mol.